The van der Waals surface area contributed by atoms with Crippen LogP contribution in [0.5, 0.6) is 0 Å². The molecule has 0 saturated heterocycles. The molecule has 1 heterocycles. The maximum Gasteiger partial charge on any atom is 0.0690 e. The molecule has 92 valence electrons. The van der Waals surface area contributed by atoms with Gasteiger partial charge in [-0.15, -0.1) is 0 Å². The average Bonchev–Trinajstić information content (AvgIpc) is 3.07. The molecule has 0 aliphatic heterocycles. The van der Waals surface area contributed by atoms with Crippen LogP contribution in [0.25, 0.3) is 21.5 Å². The fourth-order valence-electron chi connectivity index (χ4n) is 2.12. The van der Waals surface area contributed by atoms with Gasteiger partial charge in [0.05, 0.1) is 12.4 Å². The van der Waals surface area contributed by atoms with Crippen molar-refractivity contribution in [3.63, 3.8) is 0 Å². The molecule has 0 bridgehead atoms. The second-order valence-electron chi connectivity index (χ2n) is 4.16. The molecule has 0 spiro atoms. The summed E-state index contributed by atoms with van der Waals surface area (Å²) in [5.41, 5.74) is 0. The fourth-order valence-corrected chi connectivity index (χ4v) is 2.12. The molecule has 3 aromatic carbocycles. The summed E-state index contributed by atoms with van der Waals surface area (Å²) in [6, 6.07) is 21.4. The van der Waals surface area contributed by atoms with Crippen molar-refractivity contribution >= 4 is 21.5 Å². The molecular weight excluding hydrogens is 234 g/mol. The van der Waals surface area contributed by atoms with Crippen molar-refractivity contribution in [2.45, 2.75) is 0 Å². The quantitative estimate of drug-likeness (QED) is 0.480. The van der Waals surface area contributed by atoms with Crippen molar-refractivity contribution < 1.29 is 0 Å². The van der Waals surface area contributed by atoms with Gasteiger partial charge in [0.25, 0.3) is 0 Å². The second-order valence-corrected chi connectivity index (χ2v) is 4.16. The number of hydrogen-bond acceptors (Lipinski definition) is 2. The second kappa shape index (κ2) is 5.31. The van der Waals surface area contributed by atoms with Gasteiger partial charge in [-0.25, -0.2) is 0 Å². The van der Waals surface area contributed by atoms with E-state index in [0.717, 1.165) is 0 Å². The maximum atomic E-state index is 3.49. The summed E-state index contributed by atoms with van der Waals surface area (Å²) in [7, 11) is 0. The Hall–Kier alpha value is -2.68. The molecule has 3 heteroatoms. The zero-order chi connectivity index (χ0) is 12.9. The minimum atomic E-state index is 1.31. The van der Waals surface area contributed by atoms with Gasteiger partial charge in [0.15, 0.2) is 0 Å². The van der Waals surface area contributed by atoms with E-state index in [0.29, 0.717) is 0 Å². The third-order valence-electron chi connectivity index (χ3n) is 2.99. The fraction of sp³-hybridized carbons (Fsp3) is 0. The van der Waals surface area contributed by atoms with E-state index in [-0.39, 0.29) is 0 Å². The molecule has 0 aliphatic carbocycles. The molecule has 1 aromatic heterocycles. The van der Waals surface area contributed by atoms with E-state index in [1.54, 1.807) is 12.4 Å². The molecule has 19 heavy (non-hydrogen) atoms. The van der Waals surface area contributed by atoms with Crippen LogP contribution < -0.4 is 0 Å². The van der Waals surface area contributed by atoms with Crippen LogP contribution in [0.3, 0.4) is 0 Å². The van der Waals surface area contributed by atoms with E-state index in [2.05, 4.69) is 76.1 Å². The van der Waals surface area contributed by atoms with Crippen LogP contribution in [0.4, 0.5) is 0 Å². The summed E-state index contributed by atoms with van der Waals surface area (Å²) in [6.45, 7) is 0. The van der Waals surface area contributed by atoms with E-state index < -0.39 is 0 Å². The Bertz CT molecular complexity index is 704. The van der Waals surface area contributed by atoms with Crippen LogP contribution in [0.15, 0.2) is 73.1 Å². The number of nitrogens with one attached hydrogen (secondary N) is 1. The van der Waals surface area contributed by atoms with Crippen molar-refractivity contribution in [3.8, 4) is 0 Å². The topological polar surface area (TPSA) is 41.6 Å². The van der Waals surface area contributed by atoms with Crippen molar-refractivity contribution in [2.75, 3.05) is 0 Å². The predicted octanol–water partition coefficient (Wildman–Crippen LogP) is 3.80. The van der Waals surface area contributed by atoms with Crippen molar-refractivity contribution in [1.82, 2.24) is 15.4 Å². The van der Waals surface area contributed by atoms with E-state index in [4.69, 9.17) is 0 Å². The first-order valence-electron chi connectivity index (χ1n) is 6.11. The molecular formula is C16H13N3. The molecule has 1 N–H and O–H groups in total. The first kappa shape index (κ1) is 11.4. The Labute approximate surface area is 110 Å². The highest BCUT2D eigenvalue weighted by atomic mass is 15.3. The van der Waals surface area contributed by atoms with E-state index in [9.17, 15) is 0 Å². The van der Waals surface area contributed by atoms with E-state index in [1.807, 2.05) is 0 Å². The highest BCUT2D eigenvalue weighted by Gasteiger charge is 1.97. The summed E-state index contributed by atoms with van der Waals surface area (Å²) in [4.78, 5) is 0. The first-order valence-corrected chi connectivity index (χ1v) is 6.11. The van der Waals surface area contributed by atoms with Gasteiger partial charge in [0.1, 0.15) is 0 Å². The predicted molar refractivity (Wildman–Crippen MR) is 77.8 cm³/mol. The third kappa shape index (κ3) is 2.45. The Morgan fingerprint density at radius 1 is 0.579 bits per heavy atom. The van der Waals surface area contributed by atoms with Crippen LogP contribution in [0.1, 0.15) is 0 Å². The van der Waals surface area contributed by atoms with Crippen LogP contribution >= 0.6 is 0 Å². The summed E-state index contributed by atoms with van der Waals surface area (Å²) in [5, 5.41) is 14.6. The molecule has 0 saturated carbocycles. The van der Waals surface area contributed by atoms with Crippen LogP contribution in [-0.4, -0.2) is 15.4 Å². The summed E-state index contributed by atoms with van der Waals surface area (Å²) in [5.74, 6) is 0. The van der Waals surface area contributed by atoms with Gasteiger partial charge in [-0.05, 0) is 21.5 Å². The number of rotatable bonds is 0. The Balaban J connectivity index is 0.000000187. The Kier molecular flexibility index (Phi) is 3.19. The lowest BCUT2D eigenvalue weighted by molar-refractivity contribution is 0.940. The maximum absolute atomic E-state index is 3.49. The van der Waals surface area contributed by atoms with Gasteiger partial charge in [-0.3, -0.25) is 0 Å². The highest BCUT2D eigenvalue weighted by molar-refractivity contribution is 6.07. The normalized spacial score (nSPS) is 10.1. The minimum absolute atomic E-state index is 1.31. The van der Waals surface area contributed by atoms with E-state index in [1.165, 1.54) is 21.5 Å². The summed E-state index contributed by atoms with van der Waals surface area (Å²) in [6.07, 6.45) is 3.17. The van der Waals surface area contributed by atoms with Crippen molar-refractivity contribution in [1.29, 1.82) is 0 Å². The molecule has 0 radical (unpaired) electrons. The largest absolute Gasteiger partial charge is 0.198 e. The lowest BCUT2D eigenvalue weighted by Gasteiger charge is -2.02. The number of aromatic amines is 1. The Morgan fingerprint density at radius 2 is 1.05 bits per heavy atom. The monoisotopic (exact) mass is 247 g/mol. The Morgan fingerprint density at radius 3 is 1.47 bits per heavy atom. The number of benzene rings is 3. The molecule has 0 amide bonds. The zero-order valence-corrected chi connectivity index (χ0v) is 10.3. The molecule has 3 nitrogen and oxygen atoms in total. The van der Waals surface area contributed by atoms with Crippen LogP contribution in [0.2, 0.25) is 0 Å². The molecule has 0 aliphatic rings. The number of nitrogens with zero attached hydrogens (tertiary/aromatic N) is 2. The number of H-pyrrole nitrogens is 1. The van der Waals surface area contributed by atoms with Gasteiger partial charge in [-0.1, -0.05) is 60.7 Å². The SMILES string of the molecule is c1ccc2c(c1)ccc1ccccc12.c1cn[nH]n1. The van der Waals surface area contributed by atoms with Gasteiger partial charge in [0.2, 0.25) is 0 Å². The minimum Gasteiger partial charge on any atom is -0.198 e. The van der Waals surface area contributed by atoms with Crippen molar-refractivity contribution in [2.24, 2.45) is 0 Å². The molecule has 0 atom stereocenters. The average molecular weight is 247 g/mol. The lowest BCUT2D eigenvalue weighted by atomic mass is 10.0. The number of hydrogen-bond donors (Lipinski definition) is 1. The van der Waals surface area contributed by atoms with E-state index >= 15 is 0 Å². The van der Waals surface area contributed by atoms with Gasteiger partial charge < -0.3 is 0 Å². The molecule has 4 rings (SSSR count). The van der Waals surface area contributed by atoms with Crippen LogP contribution in [-0.2, 0) is 0 Å². The molecule has 0 unspecified atom stereocenters. The van der Waals surface area contributed by atoms with Crippen molar-refractivity contribution in [3.05, 3.63) is 73.1 Å². The molecule has 4 aromatic rings. The smallest absolute Gasteiger partial charge is 0.0690 e. The third-order valence-corrected chi connectivity index (χ3v) is 2.99. The number of aromatic nitrogens is 3. The summed E-state index contributed by atoms with van der Waals surface area (Å²) < 4.78 is 0. The first-order chi connectivity index (χ1) is 9.45. The van der Waals surface area contributed by atoms with Gasteiger partial charge in [-0.2, -0.15) is 15.4 Å². The van der Waals surface area contributed by atoms with Gasteiger partial charge in [0, 0.05) is 0 Å². The number of fused-ring (bicyclic) bond motifs is 3. The lowest BCUT2D eigenvalue weighted by Crippen LogP contribution is -1.75. The molecule has 0 fully saturated rings. The standard InChI is InChI=1S/C14H10.C2H3N3/c1-3-7-13-11(5-1)9-10-12-6-2-4-8-14(12)13;1-2-4-5-3-1/h1-10H;1-2H,(H,3,4,5). The summed E-state index contributed by atoms with van der Waals surface area (Å²) >= 11 is 0. The van der Waals surface area contributed by atoms with Crippen LogP contribution in [0, 0.1) is 0 Å². The van der Waals surface area contributed by atoms with Gasteiger partial charge >= 0.3 is 0 Å². The zero-order valence-electron chi connectivity index (χ0n) is 10.3. The highest BCUT2D eigenvalue weighted by Crippen LogP contribution is 2.24.